The van der Waals surface area contributed by atoms with E-state index in [0.717, 1.165) is 11.1 Å². The largest absolute Gasteiger partial charge is 0.489 e. The number of fused-ring (bicyclic) bond motifs is 1. The molecule has 6 heteroatoms. The van der Waals surface area contributed by atoms with Crippen molar-refractivity contribution in [3.05, 3.63) is 64.8 Å². The van der Waals surface area contributed by atoms with E-state index in [0.29, 0.717) is 47.1 Å². The molecule has 1 unspecified atom stereocenters. The Kier molecular flexibility index (Phi) is 5.09. The van der Waals surface area contributed by atoms with Gasteiger partial charge in [0.1, 0.15) is 18.2 Å². The maximum absolute atomic E-state index is 14.6. The van der Waals surface area contributed by atoms with Crippen molar-refractivity contribution in [3.8, 4) is 5.75 Å². The zero-order valence-corrected chi connectivity index (χ0v) is 15.7. The maximum atomic E-state index is 14.6. The standard InChI is InChI=1S/C21H21FN2O2S/c22-17-7-4-8-18-19(17)16(13-26-15-5-2-1-3-6-15)20(27-18)21(25)24-10-9-14(11-23)12-24/h1-8,14H,9-13,23H2. The van der Waals surface area contributed by atoms with E-state index in [-0.39, 0.29) is 18.3 Å². The zero-order valence-electron chi connectivity index (χ0n) is 14.9. The van der Waals surface area contributed by atoms with Crippen LogP contribution < -0.4 is 10.5 Å². The molecule has 1 saturated heterocycles. The predicted molar refractivity (Wildman–Crippen MR) is 106 cm³/mol. The summed E-state index contributed by atoms with van der Waals surface area (Å²) in [5, 5.41) is 0.483. The van der Waals surface area contributed by atoms with Crippen LogP contribution in [-0.4, -0.2) is 30.4 Å². The number of para-hydroxylation sites is 1. The van der Waals surface area contributed by atoms with Gasteiger partial charge in [-0.1, -0.05) is 24.3 Å². The Morgan fingerprint density at radius 2 is 2.04 bits per heavy atom. The summed E-state index contributed by atoms with van der Waals surface area (Å²) in [6, 6.07) is 14.3. The number of nitrogens with zero attached hydrogens (tertiary/aromatic N) is 1. The quantitative estimate of drug-likeness (QED) is 0.722. The van der Waals surface area contributed by atoms with E-state index < -0.39 is 0 Å². The summed E-state index contributed by atoms with van der Waals surface area (Å²) in [4.78, 5) is 15.5. The Hall–Kier alpha value is -2.44. The molecule has 0 radical (unpaired) electrons. The molecule has 140 valence electrons. The van der Waals surface area contributed by atoms with Crippen LogP contribution >= 0.6 is 11.3 Å². The molecule has 0 saturated carbocycles. The first-order chi connectivity index (χ1) is 13.2. The van der Waals surface area contributed by atoms with Crippen molar-refractivity contribution in [2.45, 2.75) is 13.0 Å². The molecule has 1 aliphatic heterocycles. The molecule has 2 N–H and O–H groups in total. The molecule has 4 rings (SSSR count). The van der Waals surface area contributed by atoms with E-state index in [1.54, 1.807) is 6.07 Å². The van der Waals surface area contributed by atoms with Crippen molar-refractivity contribution in [1.29, 1.82) is 0 Å². The Morgan fingerprint density at radius 3 is 2.78 bits per heavy atom. The van der Waals surface area contributed by atoms with Gasteiger partial charge in [-0.15, -0.1) is 11.3 Å². The number of ether oxygens (including phenoxy) is 1. The third kappa shape index (κ3) is 3.55. The summed E-state index contributed by atoms with van der Waals surface area (Å²) in [6.07, 6.45) is 0.914. The molecule has 1 amide bonds. The third-order valence-corrected chi connectivity index (χ3v) is 6.18. The molecule has 27 heavy (non-hydrogen) atoms. The monoisotopic (exact) mass is 384 g/mol. The first-order valence-electron chi connectivity index (χ1n) is 9.04. The number of rotatable bonds is 5. The zero-order chi connectivity index (χ0) is 18.8. The van der Waals surface area contributed by atoms with Crippen molar-refractivity contribution in [2.75, 3.05) is 19.6 Å². The average Bonchev–Trinajstić information content (AvgIpc) is 3.32. The van der Waals surface area contributed by atoms with E-state index in [4.69, 9.17) is 10.5 Å². The summed E-state index contributed by atoms with van der Waals surface area (Å²) < 4.78 is 21.2. The van der Waals surface area contributed by atoms with Crippen molar-refractivity contribution in [2.24, 2.45) is 11.7 Å². The van der Waals surface area contributed by atoms with Gasteiger partial charge in [0.2, 0.25) is 0 Å². The number of amides is 1. The van der Waals surface area contributed by atoms with Gasteiger partial charge >= 0.3 is 0 Å². The Balaban J connectivity index is 1.69. The summed E-state index contributed by atoms with van der Waals surface area (Å²) in [5.41, 5.74) is 6.38. The van der Waals surface area contributed by atoms with Crippen LogP contribution in [0, 0.1) is 11.7 Å². The van der Waals surface area contributed by atoms with E-state index in [2.05, 4.69) is 0 Å². The second kappa shape index (κ2) is 7.66. The molecule has 1 aromatic heterocycles. The maximum Gasteiger partial charge on any atom is 0.264 e. The minimum Gasteiger partial charge on any atom is -0.489 e. The van der Waals surface area contributed by atoms with Gasteiger partial charge < -0.3 is 15.4 Å². The van der Waals surface area contributed by atoms with E-state index in [1.165, 1.54) is 17.4 Å². The average molecular weight is 384 g/mol. The topological polar surface area (TPSA) is 55.6 Å². The number of carbonyl (C=O) groups is 1. The molecule has 3 aromatic rings. The number of nitrogens with two attached hydrogens (primary N) is 1. The van der Waals surface area contributed by atoms with Gasteiger partial charge in [0, 0.05) is 28.7 Å². The van der Waals surface area contributed by atoms with Crippen molar-refractivity contribution >= 4 is 27.3 Å². The molecule has 1 atom stereocenters. The van der Waals surface area contributed by atoms with Gasteiger partial charge in [-0.3, -0.25) is 4.79 Å². The molecule has 0 aliphatic carbocycles. The molecule has 4 nitrogen and oxygen atoms in total. The minimum atomic E-state index is -0.323. The molecule has 1 fully saturated rings. The fourth-order valence-corrected chi connectivity index (χ4v) is 4.69. The third-order valence-electron chi connectivity index (χ3n) is 4.99. The minimum absolute atomic E-state index is 0.0572. The predicted octanol–water partition coefficient (Wildman–Crippen LogP) is 4.04. The molecular formula is C21H21FN2O2S. The van der Waals surface area contributed by atoms with Crippen molar-refractivity contribution in [1.82, 2.24) is 4.90 Å². The van der Waals surface area contributed by atoms with Crippen molar-refractivity contribution in [3.63, 3.8) is 0 Å². The fraction of sp³-hybridized carbons (Fsp3) is 0.286. The molecule has 1 aliphatic rings. The number of benzene rings is 2. The highest BCUT2D eigenvalue weighted by Gasteiger charge is 2.30. The first kappa shape index (κ1) is 17.9. The number of carbonyl (C=O) groups excluding carboxylic acids is 1. The van der Waals surface area contributed by atoms with Gasteiger partial charge in [-0.25, -0.2) is 4.39 Å². The van der Waals surface area contributed by atoms with Crippen LogP contribution in [0.25, 0.3) is 10.1 Å². The van der Waals surface area contributed by atoms with Gasteiger partial charge in [0.25, 0.3) is 5.91 Å². The van der Waals surface area contributed by atoms with Gasteiger partial charge in [-0.05, 0) is 43.1 Å². The number of likely N-dealkylation sites (tertiary alicyclic amines) is 1. The summed E-state index contributed by atoms with van der Waals surface area (Å²) in [6.45, 7) is 2.08. The highest BCUT2D eigenvalue weighted by atomic mass is 32.1. The van der Waals surface area contributed by atoms with E-state index in [1.807, 2.05) is 41.3 Å². The summed E-state index contributed by atoms with van der Waals surface area (Å²) in [7, 11) is 0. The van der Waals surface area contributed by atoms with E-state index in [9.17, 15) is 9.18 Å². The van der Waals surface area contributed by atoms with Crippen molar-refractivity contribution < 1.29 is 13.9 Å². The Labute approximate surface area is 161 Å². The van der Waals surface area contributed by atoms with Crippen LogP contribution in [0.1, 0.15) is 21.7 Å². The second-order valence-corrected chi connectivity index (χ2v) is 7.82. The van der Waals surface area contributed by atoms with Crippen LogP contribution in [0.15, 0.2) is 48.5 Å². The van der Waals surface area contributed by atoms with Gasteiger partial charge in [0.15, 0.2) is 0 Å². The summed E-state index contributed by atoms with van der Waals surface area (Å²) >= 11 is 1.33. The van der Waals surface area contributed by atoms with Crippen LogP contribution in [-0.2, 0) is 6.61 Å². The molecule has 0 bridgehead atoms. The van der Waals surface area contributed by atoms with Crippen LogP contribution in [0.2, 0.25) is 0 Å². The lowest BCUT2D eigenvalue weighted by atomic mass is 10.1. The van der Waals surface area contributed by atoms with Gasteiger partial charge in [-0.2, -0.15) is 0 Å². The SMILES string of the molecule is NCC1CCN(C(=O)c2sc3cccc(F)c3c2COc2ccccc2)C1. The van der Waals surface area contributed by atoms with Crippen LogP contribution in [0.3, 0.4) is 0 Å². The number of hydrogen-bond donors (Lipinski definition) is 1. The van der Waals surface area contributed by atoms with Crippen LogP contribution in [0.5, 0.6) is 5.75 Å². The number of thiophene rings is 1. The highest BCUT2D eigenvalue weighted by molar-refractivity contribution is 7.21. The molecule has 2 aromatic carbocycles. The molecular weight excluding hydrogens is 363 g/mol. The lowest BCUT2D eigenvalue weighted by Gasteiger charge is -2.16. The Bertz CT molecular complexity index is 957. The smallest absolute Gasteiger partial charge is 0.264 e. The lowest BCUT2D eigenvalue weighted by molar-refractivity contribution is 0.0790. The normalized spacial score (nSPS) is 16.8. The van der Waals surface area contributed by atoms with Gasteiger partial charge in [0.05, 0.1) is 4.88 Å². The Morgan fingerprint density at radius 1 is 1.22 bits per heavy atom. The highest BCUT2D eigenvalue weighted by Crippen LogP contribution is 2.35. The number of halogens is 1. The lowest BCUT2D eigenvalue weighted by Crippen LogP contribution is -2.30. The van der Waals surface area contributed by atoms with E-state index >= 15 is 0 Å². The summed E-state index contributed by atoms with van der Waals surface area (Å²) in [5.74, 6) is 0.647. The first-order valence-corrected chi connectivity index (χ1v) is 9.86. The molecule has 2 heterocycles. The second-order valence-electron chi connectivity index (χ2n) is 6.77. The number of hydrogen-bond acceptors (Lipinski definition) is 4. The van der Waals surface area contributed by atoms with Crippen LogP contribution in [0.4, 0.5) is 4.39 Å². The fourth-order valence-electron chi connectivity index (χ4n) is 3.50. The molecule has 0 spiro atoms.